The third-order valence-corrected chi connectivity index (χ3v) is 7.18. The molecule has 0 aliphatic carbocycles. The van der Waals surface area contributed by atoms with Gasteiger partial charge >= 0.3 is 37.1 Å². The van der Waals surface area contributed by atoms with E-state index in [4.69, 9.17) is 15.3 Å². The monoisotopic (exact) mass is 995 g/mol. The van der Waals surface area contributed by atoms with Gasteiger partial charge in [-0.05, 0) is 92.1 Å². The van der Waals surface area contributed by atoms with Gasteiger partial charge < -0.3 is 15.3 Å². The van der Waals surface area contributed by atoms with Gasteiger partial charge in [0, 0.05) is 33.8 Å². The second kappa shape index (κ2) is 22.6. The summed E-state index contributed by atoms with van der Waals surface area (Å²) in [5.74, 6) is -2.34. The van der Waals surface area contributed by atoms with E-state index in [1.165, 1.54) is 0 Å². The van der Waals surface area contributed by atoms with Crippen molar-refractivity contribution in [2.75, 3.05) is 19.8 Å². The van der Waals surface area contributed by atoms with E-state index >= 15 is 0 Å². The first-order chi connectivity index (χ1) is 28.4. The molecule has 28 heteroatoms. The van der Waals surface area contributed by atoms with Crippen molar-refractivity contribution in [2.45, 2.75) is 57.8 Å². The zero-order chi connectivity index (χ0) is 49.3. The zero-order valence-electron chi connectivity index (χ0n) is 31.9. The number of halogens is 18. The molecule has 3 rings (SSSR count). The standard InChI is InChI=1S/3C12H9F6NO2.Fe/c3*1-6(21)8(2-3-20)7-4-9(11(13,14)15)19-10(5-7)12(16,17)18;/h3*2,4-5,20H,3H2,1H3;/b3*8-2+;. The number of pyridine rings is 3. The van der Waals surface area contributed by atoms with Crippen LogP contribution in [0, 0.1) is 0 Å². The van der Waals surface area contributed by atoms with Gasteiger partial charge in [0.05, 0.1) is 19.8 Å². The van der Waals surface area contributed by atoms with Crippen molar-refractivity contribution in [3.63, 3.8) is 0 Å². The second-order valence-electron chi connectivity index (χ2n) is 11.9. The van der Waals surface area contributed by atoms with Crippen LogP contribution in [-0.4, -0.2) is 67.4 Å². The molecule has 0 bridgehead atoms. The molecule has 64 heavy (non-hydrogen) atoms. The Bertz CT molecular complexity index is 1880. The van der Waals surface area contributed by atoms with E-state index in [1.54, 1.807) is 0 Å². The molecule has 0 atom stereocenters. The van der Waals surface area contributed by atoms with Crippen molar-refractivity contribution in [2.24, 2.45) is 0 Å². The number of aromatic nitrogens is 3. The number of Topliss-reactive ketones (excluding diaryl/α,β-unsaturated/α-hetero) is 3. The normalized spacial score (nSPS) is 13.2. The van der Waals surface area contributed by atoms with Crippen LogP contribution in [0.3, 0.4) is 0 Å². The van der Waals surface area contributed by atoms with Crippen LogP contribution in [0.4, 0.5) is 79.0 Å². The Morgan fingerprint density at radius 3 is 0.625 bits per heavy atom. The SMILES string of the molecule is CC(=O)/C(=C\CO)c1cc(C(F)(F)F)nc(C(F)(F)F)c1.CC(=O)/C(=C\CO)c1cc(C(F)(F)F)nc(C(F)(F)F)c1.CC(=O)/C(=C\CO)c1cc(C(F)(F)F)nc(C(F)(F)F)c1.[Fe]. The molecule has 0 aromatic carbocycles. The van der Waals surface area contributed by atoms with Gasteiger partial charge in [-0.25, -0.2) is 15.0 Å². The first-order valence-electron chi connectivity index (χ1n) is 16.4. The number of alkyl halides is 18. The molecule has 0 amide bonds. The van der Waals surface area contributed by atoms with Gasteiger partial charge in [0.2, 0.25) is 0 Å². The summed E-state index contributed by atoms with van der Waals surface area (Å²) in [6.07, 6.45) is -28.1. The van der Waals surface area contributed by atoms with Crippen molar-refractivity contribution < 1.29 is 126 Å². The molecule has 0 fully saturated rings. The van der Waals surface area contributed by atoms with Crippen molar-refractivity contribution >= 4 is 34.1 Å². The molecule has 3 N–H and O–H groups in total. The summed E-state index contributed by atoms with van der Waals surface area (Å²) in [5.41, 5.74) is -13.8. The van der Waals surface area contributed by atoms with Gasteiger partial charge in [0.25, 0.3) is 0 Å². The predicted molar refractivity (Wildman–Crippen MR) is 180 cm³/mol. The summed E-state index contributed by atoms with van der Waals surface area (Å²) < 4.78 is 227. The van der Waals surface area contributed by atoms with Gasteiger partial charge in [-0.15, -0.1) is 0 Å². The van der Waals surface area contributed by atoms with Gasteiger partial charge in [-0.2, -0.15) is 79.0 Å². The molecule has 356 valence electrons. The minimum atomic E-state index is -5.10. The minimum Gasteiger partial charge on any atom is -0.392 e. The summed E-state index contributed by atoms with van der Waals surface area (Å²) in [5, 5.41) is 26.1. The maximum absolute atomic E-state index is 12.6. The van der Waals surface area contributed by atoms with Crippen LogP contribution in [0.25, 0.3) is 16.7 Å². The van der Waals surface area contributed by atoms with E-state index in [9.17, 15) is 93.4 Å². The molecular formula is C36H27F18FeN3O6. The summed E-state index contributed by atoms with van der Waals surface area (Å²) in [6, 6.07) is 1.99. The molecule has 9 nitrogen and oxygen atoms in total. The van der Waals surface area contributed by atoms with Crippen LogP contribution in [-0.2, 0) is 68.5 Å². The van der Waals surface area contributed by atoms with Crippen LogP contribution >= 0.6 is 0 Å². The van der Waals surface area contributed by atoms with Crippen LogP contribution in [0.15, 0.2) is 54.6 Å². The molecular weight excluding hydrogens is 968 g/mol. The molecule has 0 aliphatic heterocycles. The van der Waals surface area contributed by atoms with Gasteiger partial charge in [-0.3, -0.25) is 14.4 Å². The molecule has 0 radical (unpaired) electrons. The average molecular weight is 995 g/mol. The molecule has 0 saturated heterocycles. The molecule has 3 aromatic heterocycles. The Kier molecular flexibility index (Phi) is 20.8. The molecule has 0 spiro atoms. The molecule has 3 heterocycles. The number of ketones is 3. The smallest absolute Gasteiger partial charge is 0.392 e. The summed E-state index contributed by atoms with van der Waals surface area (Å²) >= 11 is 0. The number of rotatable bonds is 9. The minimum absolute atomic E-state index is 0. The summed E-state index contributed by atoms with van der Waals surface area (Å²) in [6.45, 7) is 0.757. The topological polar surface area (TPSA) is 151 Å². The fourth-order valence-electron chi connectivity index (χ4n) is 4.60. The number of carbonyl (C=O) groups excluding carboxylic acids is 3. The zero-order valence-corrected chi connectivity index (χ0v) is 33.0. The van der Waals surface area contributed by atoms with E-state index in [0.717, 1.165) is 39.0 Å². The molecule has 3 aromatic rings. The third kappa shape index (κ3) is 17.8. The number of nitrogens with zero attached hydrogens (tertiary/aromatic N) is 3. The fraction of sp³-hybridized carbons (Fsp3) is 0.333. The van der Waals surface area contributed by atoms with Crippen molar-refractivity contribution in [1.82, 2.24) is 15.0 Å². The Hall–Kier alpha value is -5.18. The predicted octanol–water partition coefficient (Wildman–Crippen LogP) is 9.25. The van der Waals surface area contributed by atoms with E-state index < -0.39 is 142 Å². The quantitative estimate of drug-likeness (QED) is 0.108. The van der Waals surface area contributed by atoms with E-state index in [1.807, 2.05) is 0 Å². The van der Waals surface area contributed by atoms with Crippen LogP contribution in [0.2, 0.25) is 0 Å². The van der Waals surface area contributed by atoms with E-state index in [0.29, 0.717) is 36.4 Å². The fourth-order valence-corrected chi connectivity index (χ4v) is 4.60. The maximum atomic E-state index is 12.6. The van der Waals surface area contributed by atoms with Gasteiger partial charge in [-0.1, -0.05) is 0 Å². The number of aliphatic hydroxyl groups excluding tert-OH is 3. The first-order valence-corrected chi connectivity index (χ1v) is 16.4. The van der Waals surface area contributed by atoms with Crippen LogP contribution < -0.4 is 0 Å². The summed E-state index contributed by atoms with van der Waals surface area (Å²) in [4.78, 5) is 41.5. The van der Waals surface area contributed by atoms with Crippen molar-refractivity contribution in [1.29, 1.82) is 0 Å². The van der Waals surface area contributed by atoms with Crippen molar-refractivity contribution in [3.05, 3.63) is 105 Å². The van der Waals surface area contributed by atoms with E-state index in [2.05, 4.69) is 15.0 Å². The number of hydrogen-bond acceptors (Lipinski definition) is 9. The maximum Gasteiger partial charge on any atom is 0.433 e. The van der Waals surface area contributed by atoms with Crippen LogP contribution in [0.1, 0.15) is 71.6 Å². The Morgan fingerprint density at radius 1 is 0.391 bits per heavy atom. The van der Waals surface area contributed by atoms with E-state index in [-0.39, 0.29) is 17.1 Å². The molecule has 0 saturated carbocycles. The Balaban J connectivity index is 0.000000923. The average Bonchev–Trinajstić information content (AvgIpc) is 3.12. The third-order valence-electron chi connectivity index (χ3n) is 7.18. The number of hydrogen-bond donors (Lipinski definition) is 3. The molecule has 0 aliphatic rings. The number of aliphatic hydroxyl groups is 3. The Labute approximate surface area is 357 Å². The van der Waals surface area contributed by atoms with Crippen molar-refractivity contribution in [3.8, 4) is 0 Å². The molecule has 0 unspecified atom stereocenters. The largest absolute Gasteiger partial charge is 0.433 e. The first kappa shape index (κ1) is 58.8. The number of allylic oxidation sites excluding steroid dienone is 3. The number of carbonyl (C=O) groups is 3. The van der Waals surface area contributed by atoms with Crippen LogP contribution in [0.5, 0.6) is 0 Å². The Morgan fingerprint density at radius 2 is 0.531 bits per heavy atom. The second-order valence-corrected chi connectivity index (χ2v) is 11.9. The summed E-state index contributed by atoms with van der Waals surface area (Å²) in [7, 11) is 0. The van der Waals surface area contributed by atoms with Gasteiger partial charge in [0.15, 0.2) is 17.3 Å². The van der Waals surface area contributed by atoms with Gasteiger partial charge in [0.1, 0.15) is 34.2 Å².